The maximum atomic E-state index is 3.45. The minimum atomic E-state index is 0.755. The molecule has 0 aliphatic carbocycles. The Morgan fingerprint density at radius 2 is 2.11 bits per heavy atom. The lowest BCUT2D eigenvalue weighted by molar-refractivity contribution is 0.357. The van der Waals surface area contributed by atoms with Crippen LogP contribution in [0.25, 0.3) is 0 Å². The van der Waals surface area contributed by atoms with Gasteiger partial charge in [-0.3, -0.25) is 0 Å². The Labute approximate surface area is 57.8 Å². The van der Waals surface area contributed by atoms with Crippen molar-refractivity contribution < 1.29 is 0 Å². The summed E-state index contributed by atoms with van der Waals surface area (Å²) in [6.45, 7) is 8.14. The smallest absolute Gasteiger partial charge is 0.00699 e. The third kappa shape index (κ3) is 1.45. The van der Waals surface area contributed by atoms with Gasteiger partial charge in [0.05, 0.1) is 0 Å². The van der Waals surface area contributed by atoms with Crippen LogP contribution in [-0.2, 0) is 0 Å². The van der Waals surface area contributed by atoms with E-state index < -0.39 is 0 Å². The zero-order valence-electron chi connectivity index (χ0n) is 6.65. The van der Waals surface area contributed by atoms with Crippen molar-refractivity contribution in [2.24, 2.45) is 11.8 Å². The van der Waals surface area contributed by atoms with Gasteiger partial charge in [0.1, 0.15) is 0 Å². The van der Waals surface area contributed by atoms with Gasteiger partial charge in [-0.15, -0.1) is 0 Å². The number of nitrogens with one attached hydrogen (secondary N) is 1. The van der Waals surface area contributed by atoms with Crippen LogP contribution in [0.5, 0.6) is 0 Å². The molecule has 0 aromatic rings. The summed E-state index contributed by atoms with van der Waals surface area (Å²) in [4.78, 5) is 0. The quantitative estimate of drug-likeness (QED) is 0.564. The SMILES string of the molecule is CC(C)C1CCN[C@H]1C. The van der Waals surface area contributed by atoms with E-state index >= 15 is 0 Å². The minimum absolute atomic E-state index is 0.755. The van der Waals surface area contributed by atoms with Gasteiger partial charge in [0.15, 0.2) is 0 Å². The second-order valence-corrected chi connectivity index (χ2v) is 3.44. The van der Waals surface area contributed by atoms with E-state index in [1.54, 1.807) is 0 Å². The second kappa shape index (κ2) is 2.70. The Morgan fingerprint density at radius 3 is 2.33 bits per heavy atom. The fourth-order valence-corrected chi connectivity index (χ4v) is 1.79. The standard InChI is InChI=1S/C8H17N/c1-6(2)8-4-5-9-7(8)3/h6-9H,4-5H2,1-3H3/t7-,8?/m0/s1. The van der Waals surface area contributed by atoms with Gasteiger partial charge in [-0.1, -0.05) is 13.8 Å². The molecule has 1 heteroatoms. The maximum absolute atomic E-state index is 3.45. The highest BCUT2D eigenvalue weighted by molar-refractivity contribution is 4.81. The van der Waals surface area contributed by atoms with Crippen molar-refractivity contribution in [1.29, 1.82) is 0 Å². The molecular weight excluding hydrogens is 110 g/mol. The molecule has 9 heavy (non-hydrogen) atoms. The maximum Gasteiger partial charge on any atom is 0.00699 e. The topological polar surface area (TPSA) is 12.0 Å². The molecule has 1 saturated heterocycles. The molecule has 0 aromatic heterocycles. The monoisotopic (exact) mass is 127 g/mol. The molecule has 1 aliphatic heterocycles. The molecule has 0 amide bonds. The van der Waals surface area contributed by atoms with E-state index in [9.17, 15) is 0 Å². The van der Waals surface area contributed by atoms with Crippen molar-refractivity contribution in [3.05, 3.63) is 0 Å². The first-order chi connectivity index (χ1) is 4.22. The summed E-state index contributed by atoms with van der Waals surface area (Å²) in [5.74, 6) is 1.78. The molecule has 1 nitrogen and oxygen atoms in total. The molecule has 0 bridgehead atoms. The lowest BCUT2D eigenvalue weighted by Crippen LogP contribution is -2.25. The largest absolute Gasteiger partial charge is 0.314 e. The molecule has 1 aliphatic rings. The molecule has 2 atom stereocenters. The third-order valence-electron chi connectivity index (χ3n) is 2.44. The van der Waals surface area contributed by atoms with E-state index in [2.05, 4.69) is 26.1 Å². The van der Waals surface area contributed by atoms with Crippen molar-refractivity contribution in [2.45, 2.75) is 33.2 Å². The molecule has 1 unspecified atom stereocenters. The van der Waals surface area contributed by atoms with Gasteiger partial charge in [-0.2, -0.15) is 0 Å². The Balaban J connectivity index is 2.40. The van der Waals surface area contributed by atoms with Crippen LogP contribution in [0.3, 0.4) is 0 Å². The average Bonchev–Trinajstić information content (AvgIpc) is 2.13. The van der Waals surface area contributed by atoms with Crippen molar-refractivity contribution in [2.75, 3.05) is 6.54 Å². The molecule has 1 N–H and O–H groups in total. The van der Waals surface area contributed by atoms with Crippen LogP contribution in [-0.4, -0.2) is 12.6 Å². The number of hydrogen-bond acceptors (Lipinski definition) is 1. The Hall–Kier alpha value is -0.0400. The Kier molecular flexibility index (Phi) is 2.12. The van der Waals surface area contributed by atoms with Crippen LogP contribution in [0.2, 0.25) is 0 Å². The normalized spacial score (nSPS) is 36.0. The third-order valence-corrected chi connectivity index (χ3v) is 2.44. The van der Waals surface area contributed by atoms with E-state index in [1.807, 2.05) is 0 Å². The first-order valence-electron chi connectivity index (χ1n) is 3.95. The van der Waals surface area contributed by atoms with Crippen molar-refractivity contribution in [3.63, 3.8) is 0 Å². The molecule has 0 saturated carbocycles. The first-order valence-corrected chi connectivity index (χ1v) is 3.95. The molecule has 0 aromatic carbocycles. The zero-order chi connectivity index (χ0) is 6.85. The molecule has 1 fully saturated rings. The van der Waals surface area contributed by atoms with Gasteiger partial charge in [0.2, 0.25) is 0 Å². The number of hydrogen-bond donors (Lipinski definition) is 1. The Morgan fingerprint density at radius 1 is 1.44 bits per heavy atom. The van der Waals surface area contributed by atoms with Crippen LogP contribution in [0.4, 0.5) is 0 Å². The summed E-state index contributed by atoms with van der Waals surface area (Å²) in [5, 5.41) is 3.45. The van der Waals surface area contributed by atoms with E-state index in [0.717, 1.165) is 17.9 Å². The summed E-state index contributed by atoms with van der Waals surface area (Å²) in [6, 6.07) is 0.755. The van der Waals surface area contributed by atoms with Gasteiger partial charge in [-0.25, -0.2) is 0 Å². The average molecular weight is 127 g/mol. The van der Waals surface area contributed by atoms with Crippen molar-refractivity contribution in [1.82, 2.24) is 5.32 Å². The summed E-state index contributed by atoms with van der Waals surface area (Å²) in [6.07, 6.45) is 1.37. The van der Waals surface area contributed by atoms with E-state index in [1.165, 1.54) is 13.0 Å². The van der Waals surface area contributed by atoms with Crippen LogP contribution < -0.4 is 5.32 Å². The number of rotatable bonds is 1. The molecular formula is C8H17N. The van der Waals surface area contributed by atoms with E-state index in [0.29, 0.717) is 0 Å². The second-order valence-electron chi connectivity index (χ2n) is 3.44. The molecule has 1 rings (SSSR count). The van der Waals surface area contributed by atoms with E-state index in [-0.39, 0.29) is 0 Å². The molecule has 0 radical (unpaired) electrons. The van der Waals surface area contributed by atoms with Gasteiger partial charge in [0, 0.05) is 6.04 Å². The minimum Gasteiger partial charge on any atom is -0.314 e. The zero-order valence-corrected chi connectivity index (χ0v) is 6.65. The van der Waals surface area contributed by atoms with E-state index in [4.69, 9.17) is 0 Å². The van der Waals surface area contributed by atoms with Gasteiger partial charge >= 0.3 is 0 Å². The molecule has 0 spiro atoms. The summed E-state index contributed by atoms with van der Waals surface area (Å²) >= 11 is 0. The Bertz CT molecular complexity index is 88.6. The summed E-state index contributed by atoms with van der Waals surface area (Å²) in [7, 11) is 0. The lowest BCUT2D eigenvalue weighted by atomic mass is 9.90. The summed E-state index contributed by atoms with van der Waals surface area (Å²) < 4.78 is 0. The first kappa shape index (κ1) is 7.07. The highest BCUT2D eigenvalue weighted by Crippen LogP contribution is 2.22. The van der Waals surface area contributed by atoms with Gasteiger partial charge < -0.3 is 5.32 Å². The molecule has 1 heterocycles. The van der Waals surface area contributed by atoms with Crippen molar-refractivity contribution in [3.8, 4) is 0 Å². The van der Waals surface area contributed by atoms with Crippen LogP contribution in [0.1, 0.15) is 27.2 Å². The fourth-order valence-electron chi connectivity index (χ4n) is 1.79. The van der Waals surface area contributed by atoms with Crippen LogP contribution in [0.15, 0.2) is 0 Å². The molecule has 54 valence electrons. The fraction of sp³-hybridized carbons (Fsp3) is 1.00. The van der Waals surface area contributed by atoms with Crippen LogP contribution in [0, 0.1) is 11.8 Å². The summed E-state index contributed by atoms with van der Waals surface area (Å²) in [5.41, 5.74) is 0. The highest BCUT2D eigenvalue weighted by Gasteiger charge is 2.24. The van der Waals surface area contributed by atoms with Crippen molar-refractivity contribution >= 4 is 0 Å². The van der Waals surface area contributed by atoms with Gasteiger partial charge in [0.25, 0.3) is 0 Å². The van der Waals surface area contributed by atoms with Crippen LogP contribution >= 0.6 is 0 Å². The van der Waals surface area contributed by atoms with Gasteiger partial charge in [-0.05, 0) is 31.7 Å². The highest BCUT2D eigenvalue weighted by atomic mass is 14.9. The lowest BCUT2D eigenvalue weighted by Gasteiger charge is -2.18. The predicted molar refractivity (Wildman–Crippen MR) is 40.4 cm³/mol. The predicted octanol–water partition coefficient (Wildman–Crippen LogP) is 1.64.